The van der Waals surface area contributed by atoms with Gasteiger partial charge < -0.3 is 14.9 Å². The average Bonchev–Trinajstić information content (AvgIpc) is 2.41. The van der Waals surface area contributed by atoms with Gasteiger partial charge in [-0.05, 0) is 19.4 Å². The molecule has 0 aromatic heterocycles. The Hall–Kier alpha value is -1.86. The number of phenols is 1. The van der Waals surface area contributed by atoms with Gasteiger partial charge in [0.25, 0.3) is 5.69 Å². The zero-order valence-electron chi connectivity index (χ0n) is 11.3. The lowest BCUT2D eigenvalue weighted by Crippen LogP contribution is -2.37. The number of nitro benzene ring substituents is 1. The molecule has 1 aromatic carbocycles. The molecule has 110 valence electrons. The summed E-state index contributed by atoms with van der Waals surface area (Å²) >= 11 is 0. The molecule has 1 aliphatic rings. The minimum Gasteiger partial charge on any atom is -0.504 e. The van der Waals surface area contributed by atoms with Gasteiger partial charge in [-0.15, -0.1) is 0 Å². The van der Waals surface area contributed by atoms with Gasteiger partial charge >= 0.3 is 0 Å². The molecule has 0 bridgehead atoms. The molecule has 2 rings (SSSR count). The number of phenolic OH excluding ortho intramolecular Hbond substituents is 1. The third kappa shape index (κ3) is 3.17. The van der Waals surface area contributed by atoms with Gasteiger partial charge in [0.15, 0.2) is 11.5 Å². The number of likely N-dealkylation sites (tertiary alicyclic amines) is 1. The maximum Gasteiger partial charge on any atom is 0.273 e. The summed E-state index contributed by atoms with van der Waals surface area (Å²) in [5.74, 6) is 0.00456. The summed E-state index contributed by atoms with van der Waals surface area (Å²) in [7, 11) is 1.35. The lowest BCUT2D eigenvalue weighted by atomic mass is 10.1. The first-order chi connectivity index (χ1) is 9.51. The smallest absolute Gasteiger partial charge is 0.273 e. The first-order valence-electron chi connectivity index (χ1n) is 6.46. The van der Waals surface area contributed by atoms with Gasteiger partial charge in [-0.25, -0.2) is 0 Å². The summed E-state index contributed by atoms with van der Waals surface area (Å²) in [5, 5.41) is 30.6. The normalized spacial score (nSPS) is 19.8. The highest BCUT2D eigenvalue weighted by atomic mass is 16.6. The molecular weight excluding hydrogens is 264 g/mol. The van der Waals surface area contributed by atoms with Crippen molar-refractivity contribution in [2.75, 3.05) is 20.2 Å². The number of nitro groups is 1. The Morgan fingerprint density at radius 2 is 2.30 bits per heavy atom. The molecule has 1 aromatic rings. The van der Waals surface area contributed by atoms with Crippen molar-refractivity contribution in [2.45, 2.75) is 25.5 Å². The van der Waals surface area contributed by atoms with Gasteiger partial charge in [0.05, 0.1) is 24.2 Å². The minimum absolute atomic E-state index is 0.0850. The van der Waals surface area contributed by atoms with Crippen molar-refractivity contribution in [3.8, 4) is 11.5 Å². The summed E-state index contributed by atoms with van der Waals surface area (Å²) in [4.78, 5) is 12.3. The number of nitrogens with zero attached hydrogens (tertiary/aromatic N) is 2. The van der Waals surface area contributed by atoms with Gasteiger partial charge in [-0.3, -0.25) is 15.0 Å². The first-order valence-corrected chi connectivity index (χ1v) is 6.46. The number of aliphatic hydroxyl groups excluding tert-OH is 1. The Labute approximate surface area is 116 Å². The molecule has 20 heavy (non-hydrogen) atoms. The predicted molar refractivity (Wildman–Crippen MR) is 71.8 cm³/mol. The lowest BCUT2D eigenvalue weighted by Gasteiger charge is -2.30. The van der Waals surface area contributed by atoms with Gasteiger partial charge in [0.2, 0.25) is 0 Å². The van der Waals surface area contributed by atoms with Gasteiger partial charge in [0.1, 0.15) is 0 Å². The number of hydrogen-bond donors (Lipinski definition) is 2. The Bertz CT molecular complexity index is 506. The van der Waals surface area contributed by atoms with E-state index in [1.807, 2.05) is 4.90 Å². The fourth-order valence-corrected chi connectivity index (χ4v) is 2.45. The highest BCUT2D eigenvalue weighted by molar-refractivity contribution is 5.53. The summed E-state index contributed by atoms with van der Waals surface area (Å²) in [6, 6.07) is 2.54. The number of benzene rings is 1. The van der Waals surface area contributed by atoms with E-state index in [-0.39, 0.29) is 23.3 Å². The van der Waals surface area contributed by atoms with Crippen molar-refractivity contribution < 1.29 is 19.9 Å². The standard InChI is InChI=1S/C13H18N2O5/c1-20-12-6-10(15(18)19)5-9(13(12)17)7-14-4-2-3-11(16)8-14/h5-6,11,16-17H,2-4,7-8H2,1H3. The number of β-amino-alcohol motifs (C(OH)–C–C–N with tert-alkyl or cyclic N) is 1. The largest absolute Gasteiger partial charge is 0.504 e. The van der Waals surface area contributed by atoms with E-state index in [0.717, 1.165) is 19.4 Å². The summed E-state index contributed by atoms with van der Waals surface area (Å²) < 4.78 is 4.96. The van der Waals surface area contributed by atoms with Crippen LogP contribution in [0.15, 0.2) is 12.1 Å². The van der Waals surface area contributed by atoms with Crippen LogP contribution in [0.4, 0.5) is 5.69 Å². The van der Waals surface area contributed by atoms with Crippen LogP contribution in [-0.2, 0) is 6.54 Å². The van der Waals surface area contributed by atoms with Crippen molar-refractivity contribution >= 4 is 5.69 Å². The molecule has 1 aliphatic heterocycles. The van der Waals surface area contributed by atoms with Crippen LogP contribution in [-0.4, -0.2) is 46.3 Å². The maximum atomic E-state index is 10.9. The highest BCUT2D eigenvalue weighted by Gasteiger charge is 2.22. The van der Waals surface area contributed by atoms with E-state index in [0.29, 0.717) is 18.7 Å². The molecule has 1 atom stereocenters. The molecule has 7 heteroatoms. The van der Waals surface area contributed by atoms with E-state index in [4.69, 9.17) is 4.74 Å². The highest BCUT2D eigenvalue weighted by Crippen LogP contribution is 2.35. The molecule has 0 spiro atoms. The lowest BCUT2D eigenvalue weighted by molar-refractivity contribution is -0.385. The van der Waals surface area contributed by atoms with Crippen LogP contribution in [0.5, 0.6) is 11.5 Å². The number of piperidine rings is 1. The second-order valence-electron chi connectivity index (χ2n) is 4.94. The predicted octanol–water partition coefficient (Wildman–Crippen LogP) is 1.27. The summed E-state index contributed by atoms with van der Waals surface area (Å²) in [5.41, 5.74) is 0.317. The fraction of sp³-hybridized carbons (Fsp3) is 0.538. The van der Waals surface area contributed by atoms with Crippen molar-refractivity contribution in [3.05, 3.63) is 27.8 Å². The van der Waals surface area contributed by atoms with Crippen molar-refractivity contribution in [2.24, 2.45) is 0 Å². The van der Waals surface area contributed by atoms with Crippen LogP contribution in [0.3, 0.4) is 0 Å². The van der Waals surface area contributed by atoms with Crippen LogP contribution in [0, 0.1) is 10.1 Å². The number of ether oxygens (including phenoxy) is 1. The van der Waals surface area contributed by atoms with Gasteiger partial charge in [0, 0.05) is 24.7 Å². The van der Waals surface area contributed by atoms with E-state index in [1.165, 1.54) is 19.2 Å². The van der Waals surface area contributed by atoms with Crippen LogP contribution in [0.1, 0.15) is 18.4 Å². The zero-order valence-corrected chi connectivity index (χ0v) is 11.3. The molecule has 0 saturated carbocycles. The van der Waals surface area contributed by atoms with Crippen LogP contribution in [0.25, 0.3) is 0 Å². The third-order valence-corrected chi connectivity index (χ3v) is 3.44. The molecule has 2 N–H and O–H groups in total. The second kappa shape index (κ2) is 6.06. The third-order valence-electron chi connectivity index (χ3n) is 3.44. The van der Waals surface area contributed by atoms with Crippen molar-refractivity contribution in [3.63, 3.8) is 0 Å². The number of non-ortho nitro benzene ring substituents is 1. The van der Waals surface area contributed by atoms with E-state index in [1.54, 1.807) is 0 Å². The van der Waals surface area contributed by atoms with Gasteiger partial charge in [-0.1, -0.05) is 0 Å². The fourth-order valence-electron chi connectivity index (χ4n) is 2.45. The minimum atomic E-state index is -0.517. The number of rotatable bonds is 4. The summed E-state index contributed by atoms with van der Waals surface area (Å²) in [6.45, 7) is 1.65. The molecule has 0 aliphatic carbocycles. The van der Waals surface area contributed by atoms with Gasteiger partial charge in [-0.2, -0.15) is 0 Å². The Kier molecular flexibility index (Phi) is 4.41. The topological polar surface area (TPSA) is 96.1 Å². The Balaban J connectivity index is 2.25. The zero-order chi connectivity index (χ0) is 14.7. The maximum absolute atomic E-state index is 10.9. The molecule has 1 saturated heterocycles. The van der Waals surface area contributed by atoms with Crippen LogP contribution < -0.4 is 4.74 Å². The monoisotopic (exact) mass is 282 g/mol. The molecule has 0 amide bonds. The summed E-state index contributed by atoms with van der Waals surface area (Å²) in [6.07, 6.45) is 1.25. The number of methoxy groups -OCH3 is 1. The molecule has 1 fully saturated rings. The van der Waals surface area contributed by atoms with E-state index >= 15 is 0 Å². The molecule has 7 nitrogen and oxygen atoms in total. The van der Waals surface area contributed by atoms with Crippen molar-refractivity contribution in [1.82, 2.24) is 4.90 Å². The van der Waals surface area contributed by atoms with Crippen molar-refractivity contribution in [1.29, 1.82) is 0 Å². The number of aromatic hydroxyl groups is 1. The number of aliphatic hydroxyl groups is 1. The molecule has 1 heterocycles. The first kappa shape index (κ1) is 14.5. The second-order valence-corrected chi connectivity index (χ2v) is 4.94. The van der Waals surface area contributed by atoms with E-state index in [2.05, 4.69) is 0 Å². The van der Waals surface area contributed by atoms with Crippen LogP contribution >= 0.6 is 0 Å². The SMILES string of the molecule is COc1cc([N+](=O)[O-])cc(CN2CCCC(O)C2)c1O. The van der Waals surface area contributed by atoms with Crippen LogP contribution in [0.2, 0.25) is 0 Å². The molecular formula is C13H18N2O5. The Morgan fingerprint density at radius 1 is 1.55 bits per heavy atom. The average molecular weight is 282 g/mol. The number of hydrogen-bond acceptors (Lipinski definition) is 6. The van der Waals surface area contributed by atoms with E-state index in [9.17, 15) is 20.3 Å². The Morgan fingerprint density at radius 3 is 2.90 bits per heavy atom. The van der Waals surface area contributed by atoms with E-state index < -0.39 is 4.92 Å². The molecule has 1 unspecified atom stereocenters. The quantitative estimate of drug-likeness (QED) is 0.637. The molecule has 0 radical (unpaired) electrons.